The van der Waals surface area contributed by atoms with Gasteiger partial charge in [-0.1, -0.05) is 0 Å². The van der Waals surface area contributed by atoms with Crippen molar-refractivity contribution in [2.24, 2.45) is 5.73 Å². The second-order valence-electron chi connectivity index (χ2n) is 4.16. The number of nitrogens with zero attached hydrogens (tertiary/aromatic N) is 1. The summed E-state index contributed by atoms with van der Waals surface area (Å²) in [6.07, 6.45) is 4.00. The summed E-state index contributed by atoms with van der Waals surface area (Å²) < 4.78 is 0. The Balaban J connectivity index is 2.09. The van der Waals surface area contributed by atoms with Gasteiger partial charge in [-0.2, -0.15) is 0 Å². The molecule has 1 heterocycles. The average molecular weight is 191 g/mol. The lowest BCUT2D eigenvalue weighted by Crippen LogP contribution is -2.44. The molecular weight excluding hydrogens is 174 g/mol. The minimum atomic E-state index is 0.393. The predicted octanol–water partition coefficient (Wildman–Crippen LogP) is 1.60. The summed E-state index contributed by atoms with van der Waals surface area (Å²) >= 11 is 0. The molecule has 1 saturated carbocycles. The zero-order chi connectivity index (χ0) is 10.1. The highest BCUT2D eigenvalue weighted by molar-refractivity contribution is 5.54. The molecule has 0 aliphatic heterocycles. The molecule has 3 nitrogen and oxygen atoms in total. The van der Waals surface area contributed by atoms with Gasteiger partial charge in [0.1, 0.15) is 0 Å². The van der Waals surface area contributed by atoms with Crippen molar-refractivity contribution in [1.29, 1.82) is 0 Å². The van der Waals surface area contributed by atoms with Gasteiger partial charge in [-0.3, -0.25) is 4.98 Å². The minimum absolute atomic E-state index is 0.393. The topological polar surface area (TPSA) is 50.9 Å². The summed E-state index contributed by atoms with van der Waals surface area (Å²) in [7, 11) is 0. The molecule has 14 heavy (non-hydrogen) atoms. The Labute approximate surface area is 84.7 Å². The van der Waals surface area contributed by atoms with E-state index in [-0.39, 0.29) is 0 Å². The third-order valence-electron chi connectivity index (χ3n) is 2.87. The highest BCUT2D eigenvalue weighted by Crippen LogP contribution is 2.25. The number of pyridine rings is 1. The Morgan fingerprint density at radius 1 is 1.43 bits per heavy atom. The normalized spacial score (nSPS) is 25.6. The molecule has 1 aliphatic rings. The Hall–Kier alpha value is -1.09. The second-order valence-corrected chi connectivity index (χ2v) is 4.16. The van der Waals surface area contributed by atoms with Crippen LogP contribution in [-0.2, 0) is 0 Å². The molecule has 3 N–H and O–H groups in total. The van der Waals surface area contributed by atoms with E-state index in [2.05, 4.69) is 17.2 Å². The van der Waals surface area contributed by atoms with Crippen molar-refractivity contribution in [1.82, 2.24) is 4.98 Å². The van der Waals surface area contributed by atoms with Crippen LogP contribution in [0.25, 0.3) is 0 Å². The van der Waals surface area contributed by atoms with E-state index in [1.807, 2.05) is 19.2 Å². The Morgan fingerprint density at radius 2 is 2.14 bits per heavy atom. The second kappa shape index (κ2) is 3.58. The third kappa shape index (κ3) is 1.73. The molecule has 0 unspecified atom stereocenters. The maximum atomic E-state index is 5.74. The SMILES string of the molecule is Cc1ccnc(C)c1NC1CC(N)C1. The zero-order valence-electron chi connectivity index (χ0n) is 8.75. The van der Waals surface area contributed by atoms with Crippen LogP contribution >= 0.6 is 0 Å². The van der Waals surface area contributed by atoms with Crippen molar-refractivity contribution in [3.05, 3.63) is 23.5 Å². The number of hydrogen-bond donors (Lipinski definition) is 2. The van der Waals surface area contributed by atoms with E-state index in [0.29, 0.717) is 12.1 Å². The van der Waals surface area contributed by atoms with Crippen molar-refractivity contribution in [2.45, 2.75) is 38.8 Å². The summed E-state index contributed by atoms with van der Waals surface area (Å²) in [4.78, 5) is 4.28. The van der Waals surface area contributed by atoms with Gasteiger partial charge >= 0.3 is 0 Å². The molecule has 0 aromatic carbocycles. The van der Waals surface area contributed by atoms with E-state index in [4.69, 9.17) is 5.73 Å². The largest absolute Gasteiger partial charge is 0.381 e. The van der Waals surface area contributed by atoms with Gasteiger partial charge in [0.05, 0.1) is 11.4 Å². The Morgan fingerprint density at radius 3 is 2.71 bits per heavy atom. The minimum Gasteiger partial charge on any atom is -0.381 e. The number of nitrogens with one attached hydrogen (secondary N) is 1. The van der Waals surface area contributed by atoms with Gasteiger partial charge in [0.25, 0.3) is 0 Å². The molecule has 0 bridgehead atoms. The van der Waals surface area contributed by atoms with E-state index in [0.717, 1.165) is 18.5 Å². The molecule has 0 saturated heterocycles. The van der Waals surface area contributed by atoms with Gasteiger partial charge in [0.2, 0.25) is 0 Å². The number of rotatable bonds is 2. The van der Waals surface area contributed by atoms with Gasteiger partial charge in [-0.15, -0.1) is 0 Å². The number of hydrogen-bond acceptors (Lipinski definition) is 3. The first kappa shape index (κ1) is 9.46. The van der Waals surface area contributed by atoms with Gasteiger partial charge in [0.15, 0.2) is 0 Å². The standard InChI is InChI=1S/C11H17N3/c1-7-3-4-13-8(2)11(7)14-10-5-9(12)6-10/h3-4,9-10,14H,5-6,12H2,1-2H3. The molecule has 3 heteroatoms. The first-order chi connectivity index (χ1) is 6.66. The smallest absolute Gasteiger partial charge is 0.0606 e. The maximum Gasteiger partial charge on any atom is 0.0606 e. The summed E-state index contributed by atoms with van der Waals surface area (Å²) in [5.74, 6) is 0. The Bertz CT molecular complexity index is 309. The predicted molar refractivity (Wildman–Crippen MR) is 58.3 cm³/mol. The van der Waals surface area contributed by atoms with Crippen LogP contribution in [0.5, 0.6) is 0 Å². The van der Waals surface area contributed by atoms with Gasteiger partial charge < -0.3 is 11.1 Å². The van der Waals surface area contributed by atoms with Crippen LogP contribution in [0.1, 0.15) is 24.1 Å². The van der Waals surface area contributed by atoms with Crippen molar-refractivity contribution in [3.8, 4) is 0 Å². The van der Waals surface area contributed by atoms with Crippen molar-refractivity contribution in [3.63, 3.8) is 0 Å². The number of anilines is 1. The molecule has 1 aromatic heterocycles. The average Bonchev–Trinajstić information content (AvgIpc) is 2.08. The van der Waals surface area contributed by atoms with Crippen LogP contribution in [0, 0.1) is 13.8 Å². The fraction of sp³-hybridized carbons (Fsp3) is 0.545. The monoisotopic (exact) mass is 191 g/mol. The molecule has 2 rings (SSSR count). The number of aromatic nitrogens is 1. The lowest BCUT2D eigenvalue weighted by Gasteiger charge is -2.34. The first-order valence-electron chi connectivity index (χ1n) is 5.11. The molecule has 0 radical (unpaired) electrons. The van der Waals surface area contributed by atoms with E-state index in [1.165, 1.54) is 11.3 Å². The van der Waals surface area contributed by atoms with Crippen molar-refractivity contribution in [2.75, 3.05) is 5.32 Å². The molecule has 1 aliphatic carbocycles. The van der Waals surface area contributed by atoms with Crippen LogP contribution in [0.2, 0.25) is 0 Å². The van der Waals surface area contributed by atoms with Crippen LogP contribution in [0.3, 0.4) is 0 Å². The fourth-order valence-electron chi connectivity index (χ4n) is 1.90. The van der Waals surface area contributed by atoms with E-state index < -0.39 is 0 Å². The lowest BCUT2D eigenvalue weighted by molar-refractivity contribution is 0.373. The Kier molecular flexibility index (Phi) is 2.42. The first-order valence-corrected chi connectivity index (χ1v) is 5.11. The molecule has 1 fully saturated rings. The fourth-order valence-corrected chi connectivity index (χ4v) is 1.90. The van der Waals surface area contributed by atoms with Crippen LogP contribution in [-0.4, -0.2) is 17.1 Å². The van der Waals surface area contributed by atoms with Crippen molar-refractivity contribution >= 4 is 5.69 Å². The van der Waals surface area contributed by atoms with Crippen LogP contribution in [0.4, 0.5) is 5.69 Å². The summed E-state index contributed by atoms with van der Waals surface area (Å²) in [6.45, 7) is 4.14. The highest BCUT2D eigenvalue weighted by atomic mass is 15.0. The van der Waals surface area contributed by atoms with Crippen molar-refractivity contribution < 1.29 is 0 Å². The third-order valence-corrected chi connectivity index (χ3v) is 2.87. The molecule has 0 spiro atoms. The van der Waals surface area contributed by atoms with Crippen LogP contribution in [0.15, 0.2) is 12.3 Å². The molecule has 0 amide bonds. The number of aryl methyl sites for hydroxylation is 2. The van der Waals surface area contributed by atoms with E-state index >= 15 is 0 Å². The molecule has 0 atom stereocenters. The zero-order valence-corrected chi connectivity index (χ0v) is 8.75. The summed E-state index contributed by atoms with van der Waals surface area (Å²) in [5.41, 5.74) is 9.26. The van der Waals surface area contributed by atoms with E-state index in [9.17, 15) is 0 Å². The van der Waals surface area contributed by atoms with Gasteiger partial charge in [-0.05, 0) is 38.3 Å². The quantitative estimate of drug-likeness (QED) is 0.746. The molecular formula is C11H17N3. The van der Waals surface area contributed by atoms with Gasteiger partial charge in [-0.25, -0.2) is 0 Å². The van der Waals surface area contributed by atoms with Crippen LogP contribution < -0.4 is 11.1 Å². The molecule has 76 valence electrons. The maximum absolute atomic E-state index is 5.74. The molecule has 1 aromatic rings. The lowest BCUT2D eigenvalue weighted by atomic mass is 9.87. The number of nitrogens with two attached hydrogens (primary N) is 1. The highest BCUT2D eigenvalue weighted by Gasteiger charge is 2.26. The van der Waals surface area contributed by atoms with E-state index in [1.54, 1.807) is 0 Å². The summed E-state index contributed by atoms with van der Waals surface area (Å²) in [6, 6.07) is 2.98. The summed E-state index contributed by atoms with van der Waals surface area (Å²) in [5, 5.41) is 3.50. The van der Waals surface area contributed by atoms with Gasteiger partial charge in [0, 0.05) is 18.3 Å².